The summed E-state index contributed by atoms with van der Waals surface area (Å²) >= 11 is 8.76. The van der Waals surface area contributed by atoms with Gasteiger partial charge in [-0.2, -0.15) is 8.42 Å². The highest BCUT2D eigenvalue weighted by Gasteiger charge is 2.25. The first kappa shape index (κ1) is 14.2. The van der Waals surface area contributed by atoms with Crippen molar-refractivity contribution >= 4 is 43.5 Å². The molecule has 0 aliphatic carbocycles. The maximum atomic E-state index is 12.2. The van der Waals surface area contributed by atoms with Crippen molar-refractivity contribution in [2.75, 3.05) is 4.72 Å². The molecule has 1 N–H and O–H groups in total. The average Bonchev–Trinajstić information content (AvgIpc) is 2.56. The van der Waals surface area contributed by atoms with Gasteiger partial charge in [-0.1, -0.05) is 16.8 Å². The Kier molecular flexibility index (Phi) is 3.74. The Bertz CT molecular complexity index is 691. The van der Waals surface area contributed by atoms with Crippen LogP contribution in [0.25, 0.3) is 0 Å². The largest absolute Gasteiger partial charge is 0.284 e. The quantitative estimate of drug-likeness (QED) is 0.816. The van der Waals surface area contributed by atoms with E-state index in [0.29, 0.717) is 5.69 Å². The van der Waals surface area contributed by atoms with Crippen LogP contribution in [0.4, 0.5) is 5.95 Å². The van der Waals surface area contributed by atoms with Crippen molar-refractivity contribution in [1.82, 2.24) is 25.0 Å². The minimum atomic E-state index is -3.91. The maximum absolute atomic E-state index is 12.2. The molecule has 0 saturated heterocycles. The number of rotatable bonds is 3. The van der Waals surface area contributed by atoms with E-state index in [1.54, 1.807) is 6.92 Å². The fourth-order valence-corrected chi connectivity index (χ4v) is 3.63. The highest BCUT2D eigenvalue weighted by Crippen LogP contribution is 2.20. The van der Waals surface area contributed by atoms with Crippen molar-refractivity contribution in [2.24, 2.45) is 7.05 Å². The number of nitrogens with one attached hydrogen (secondary N) is 1. The van der Waals surface area contributed by atoms with E-state index >= 15 is 0 Å². The molecule has 0 unspecified atom stereocenters. The van der Waals surface area contributed by atoms with Crippen LogP contribution < -0.4 is 4.72 Å². The minimum Gasteiger partial charge on any atom is -0.246 e. The SMILES string of the molecule is Cc1cc(Cl)nc(NS(=O)(=O)c2c(Br)nnn2C)n1. The van der Waals surface area contributed by atoms with Crippen LogP contribution >= 0.6 is 27.5 Å². The summed E-state index contributed by atoms with van der Waals surface area (Å²) in [6.07, 6.45) is 0. The lowest BCUT2D eigenvalue weighted by Gasteiger charge is -2.07. The molecule has 2 heterocycles. The highest BCUT2D eigenvalue weighted by atomic mass is 79.9. The van der Waals surface area contributed by atoms with Gasteiger partial charge >= 0.3 is 0 Å². The highest BCUT2D eigenvalue weighted by molar-refractivity contribution is 9.10. The Balaban J connectivity index is 2.42. The van der Waals surface area contributed by atoms with Crippen molar-refractivity contribution in [1.29, 1.82) is 0 Å². The summed E-state index contributed by atoms with van der Waals surface area (Å²) < 4.78 is 27.8. The second-order valence-electron chi connectivity index (χ2n) is 3.57. The van der Waals surface area contributed by atoms with E-state index in [4.69, 9.17) is 11.6 Å². The molecule has 0 amide bonds. The lowest BCUT2D eigenvalue weighted by Crippen LogP contribution is -2.19. The molecule has 0 radical (unpaired) electrons. The maximum Gasteiger partial charge on any atom is 0.284 e. The molecule has 8 nitrogen and oxygen atoms in total. The van der Waals surface area contributed by atoms with Gasteiger partial charge in [0.15, 0.2) is 4.60 Å². The Labute approximate surface area is 122 Å². The Morgan fingerprint density at radius 2 is 2.11 bits per heavy atom. The van der Waals surface area contributed by atoms with Crippen molar-refractivity contribution < 1.29 is 8.42 Å². The van der Waals surface area contributed by atoms with E-state index in [-0.39, 0.29) is 20.7 Å². The van der Waals surface area contributed by atoms with Crippen LogP contribution in [0.5, 0.6) is 0 Å². The zero-order valence-electron chi connectivity index (χ0n) is 9.79. The molecule has 11 heteroatoms. The van der Waals surface area contributed by atoms with Crippen LogP contribution in [0.1, 0.15) is 5.69 Å². The first-order valence-electron chi connectivity index (χ1n) is 4.89. The fraction of sp³-hybridized carbons (Fsp3) is 0.250. The molecular formula is C8H8BrClN6O2S. The number of aromatic nitrogens is 5. The number of sulfonamides is 1. The topological polar surface area (TPSA) is 103 Å². The molecule has 0 saturated carbocycles. The lowest BCUT2D eigenvalue weighted by molar-refractivity contribution is 0.578. The fourth-order valence-electron chi connectivity index (χ4n) is 1.35. The summed E-state index contributed by atoms with van der Waals surface area (Å²) in [4.78, 5) is 7.72. The summed E-state index contributed by atoms with van der Waals surface area (Å²) in [5.74, 6) is -0.113. The summed E-state index contributed by atoms with van der Waals surface area (Å²) in [6.45, 7) is 1.67. The van der Waals surface area contributed by atoms with Gasteiger partial charge < -0.3 is 0 Å². The normalized spacial score (nSPS) is 11.6. The van der Waals surface area contributed by atoms with Crippen molar-refractivity contribution in [3.63, 3.8) is 0 Å². The molecule has 0 aliphatic rings. The molecule has 0 aliphatic heterocycles. The second-order valence-corrected chi connectivity index (χ2v) is 6.31. The van der Waals surface area contributed by atoms with Crippen LogP contribution in [-0.2, 0) is 17.1 Å². The van der Waals surface area contributed by atoms with Crippen molar-refractivity contribution in [3.05, 3.63) is 21.5 Å². The van der Waals surface area contributed by atoms with E-state index in [1.807, 2.05) is 0 Å². The summed E-state index contributed by atoms with van der Waals surface area (Å²) in [6, 6.07) is 1.51. The Hall–Kier alpha value is -1.26. The van der Waals surface area contributed by atoms with Crippen LogP contribution in [0.3, 0.4) is 0 Å². The zero-order chi connectivity index (χ0) is 14.2. The molecule has 19 heavy (non-hydrogen) atoms. The van der Waals surface area contributed by atoms with E-state index in [2.05, 4.69) is 40.9 Å². The van der Waals surface area contributed by atoms with Gasteiger partial charge in [-0.05, 0) is 28.9 Å². The minimum absolute atomic E-state index is 0.0984. The molecule has 102 valence electrons. The zero-order valence-corrected chi connectivity index (χ0v) is 13.0. The van der Waals surface area contributed by atoms with Crippen LogP contribution in [0.15, 0.2) is 15.7 Å². The Morgan fingerprint density at radius 3 is 2.63 bits per heavy atom. The van der Waals surface area contributed by atoms with Gasteiger partial charge in [0.25, 0.3) is 10.0 Å². The first-order valence-corrected chi connectivity index (χ1v) is 7.54. The number of halogens is 2. The average molecular weight is 368 g/mol. The summed E-state index contributed by atoms with van der Waals surface area (Å²) in [5.41, 5.74) is 0.542. The third kappa shape index (κ3) is 3.01. The number of anilines is 1. The van der Waals surface area contributed by atoms with E-state index < -0.39 is 10.0 Å². The number of hydrogen-bond acceptors (Lipinski definition) is 6. The van der Waals surface area contributed by atoms with Crippen LogP contribution in [-0.4, -0.2) is 33.4 Å². The molecule has 2 aromatic rings. The number of hydrogen-bond donors (Lipinski definition) is 1. The van der Waals surface area contributed by atoms with Gasteiger partial charge in [0, 0.05) is 12.7 Å². The third-order valence-electron chi connectivity index (χ3n) is 2.04. The smallest absolute Gasteiger partial charge is 0.246 e. The molecule has 0 atom stereocenters. The molecule has 0 fully saturated rings. The first-order chi connectivity index (χ1) is 8.79. The Morgan fingerprint density at radius 1 is 1.42 bits per heavy atom. The predicted molar refractivity (Wildman–Crippen MR) is 71.3 cm³/mol. The van der Waals surface area contributed by atoms with Gasteiger partial charge in [-0.3, -0.25) is 0 Å². The van der Waals surface area contributed by atoms with E-state index in [0.717, 1.165) is 4.68 Å². The van der Waals surface area contributed by atoms with Gasteiger partial charge in [0.2, 0.25) is 11.0 Å². The third-order valence-corrected chi connectivity index (χ3v) is 4.45. The molecule has 0 aromatic carbocycles. The van der Waals surface area contributed by atoms with Gasteiger partial charge in [0.1, 0.15) is 5.15 Å². The number of aryl methyl sites for hydroxylation is 2. The number of nitrogens with zero attached hydrogens (tertiary/aromatic N) is 5. The predicted octanol–water partition coefficient (Wildman–Crippen LogP) is 1.13. The molecule has 2 aromatic heterocycles. The van der Waals surface area contributed by atoms with Crippen LogP contribution in [0.2, 0.25) is 5.15 Å². The molecule has 2 rings (SSSR count). The van der Waals surface area contributed by atoms with Crippen molar-refractivity contribution in [3.8, 4) is 0 Å². The van der Waals surface area contributed by atoms with Gasteiger partial charge in [-0.15, -0.1) is 5.10 Å². The van der Waals surface area contributed by atoms with Crippen molar-refractivity contribution in [2.45, 2.75) is 11.9 Å². The van der Waals surface area contributed by atoms with Gasteiger partial charge in [0.05, 0.1) is 0 Å². The second kappa shape index (κ2) is 5.02. The van der Waals surface area contributed by atoms with Gasteiger partial charge in [-0.25, -0.2) is 19.4 Å². The summed E-state index contributed by atoms with van der Waals surface area (Å²) in [5, 5.41) is 7.21. The monoisotopic (exact) mass is 366 g/mol. The molecular weight excluding hydrogens is 360 g/mol. The van der Waals surface area contributed by atoms with E-state index in [9.17, 15) is 8.42 Å². The van der Waals surface area contributed by atoms with E-state index in [1.165, 1.54) is 13.1 Å². The lowest BCUT2D eigenvalue weighted by atomic mass is 10.5. The van der Waals surface area contributed by atoms with Crippen LogP contribution in [0, 0.1) is 6.92 Å². The molecule has 0 spiro atoms. The summed E-state index contributed by atoms with van der Waals surface area (Å²) in [7, 11) is -2.45. The standard InChI is InChI=1S/C8H8BrClN6O2S/c1-4-3-5(10)12-8(11-4)14-19(17,18)7-6(9)13-15-16(7)2/h3H,1-2H3,(H,11,12,14). The molecule has 0 bridgehead atoms.